The number of piperazine rings is 1. The van der Waals surface area contributed by atoms with E-state index in [2.05, 4.69) is 20.4 Å². The van der Waals surface area contributed by atoms with E-state index in [-0.39, 0.29) is 35.8 Å². The summed E-state index contributed by atoms with van der Waals surface area (Å²) in [5.74, 6) is 1.17. The first-order chi connectivity index (χ1) is 14.4. The summed E-state index contributed by atoms with van der Waals surface area (Å²) in [7, 11) is -1.71. The SMILES string of the molecule is CN=C(NCc1ccc(OC(C)C)nc1)N1CCN(S(=O)(=O)Cc2ccon2)CC1.I. The van der Waals surface area contributed by atoms with Gasteiger partial charge >= 0.3 is 0 Å². The van der Waals surface area contributed by atoms with Crippen molar-refractivity contribution in [2.75, 3.05) is 33.2 Å². The van der Waals surface area contributed by atoms with Crippen LogP contribution in [0.5, 0.6) is 5.88 Å². The molecule has 1 saturated heterocycles. The molecule has 10 nitrogen and oxygen atoms in total. The molecule has 2 aromatic rings. The fraction of sp³-hybridized carbons (Fsp3) is 0.526. The Morgan fingerprint density at radius 3 is 2.55 bits per heavy atom. The van der Waals surface area contributed by atoms with Gasteiger partial charge < -0.3 is 19.5 Å². The first-order valence-corrected chi connectivity index (χ1v) is 11.4. The van der Waals surface area contributed by atoms with E-state index in [0.29, 0.717) is 44.3 Å². The van der Waals surface area contributed by atoms with E-state index in [1.165, 1.54) is 10.6 Å². The Labute approximate surface area is 200 Å². The number of nitrogens with zero attached hydrogens (tertiary/aromatic N) is 5. The predicted molar refractivity (Wildman–Crippen MR) is 128 cm³/mol. The average molecular weight is 564 g/mol. The number of aliphatic imine (C=N–C) groups is 1. The quantitative estimate of drug-likeness (QED) is 0.307. The second kappa shape index (κ2) is 11.6. The van der Waals surface area contributed by atoms with E-state index in [4.69, 9.17) is 9.26 Å². The van der Waals surface area contributed by atoms with Gasteiger partial charge in [0.05, 0.1) is 11.8 Å². The molecule has 0 radical (unpaired) electrons. The Balaban J connectivity index is 0.00000341. The van der Waals surface area contributed by atoms with Gasteiger partial charge in [0, 0.05) is 58.1 Å². The first-order valence-electron chi connectivity index (χ1n) is 9.81. The number of halogens is 1. The van der Waals surface area contributed by atoms with Crippen LogP contribution >= 0.6 is 24.0 Å². The normalized spacial score (nSPS) is 15.6. The van der Waals surface area contributed by atoms with Crippen LogP contribution in [0.25, 0.3) is 0 Å². The molecule has 2 aromatic heterocycles. The number of ether oxygens (including phenoxy) is 1. The minimum absolute atomic E-state index is 0. The van der Waals surface area contributed by atoms with Crippen molar-refractivity contribution in [1.82, 2.24) is 24.7 Å². The lowest BCUT2D eigenvalue weighted by Crippen LogP contribution is -2.53. The van der Waals surface area contributed by atoms with Crippen LogP contribution < -0.4 is 10.1 Å². The molecule has 0 aromatic carbocycles. The monoisotopic (exact) mass is 564 g/mol. The van der Waals surface area contributed by atoms with Gasteiger partial charge in [0.15, 0.2) is 5.96 Å². The topological polar surface area (TPSA) is 113 Å². The van der Waals surface area contributed by atoms with Crippen molar-refractivity contribution >= 4 is 40.0 Å². The van der Waals surface area contributed by atoms with Crippen molar-refractivity contribution in [2.45, 2.75) is 32.2 Å². The van der Waals surface area contributed by atoms with Gasteiger partial charge in [0.1, 0.15) is 12.0 Å². The molecule has 3 heterocycles. The van der Waals surface area contributed by atoms with E-state index in [1.54, 1.807) is 19.3 Å². The number of guanidine groups is 1. The fourth-order valence-corrected chi connectivity index (χ4v) is 4.53. The Morgan fingerprint density at radius 1 is 1.26 bits per heavy atom. The molecule has 1 fully saturated rings. The number of sulfonamides is 1. The first kappa shape index (κ1) is 25.3. The fourth-order valence-electron chi connectivity index (χ4n) is 3.11. The van der Waals surface area contributed by atoms with Crippen molar-refractivity contribution in [3.8, 4) is 5.88 Å². The Kier molecular flexibility index (Phi) is 9.50. The van der Waals surface area contributed by atoms with Gasteiger partial charge in [-0.2, -0.15) is 4.31 Å². The number of hydrogen-bond acceptors (Lipinski definition) is 7. The summed E-state index contributed by atoms with van der Waals surface area (Å²) >= 11 is 0. The summed E-state index contributed by atoms with van der Waals surface area (Å²) in [4.78, 5) is 10.7. The van der Waals surface area contributed by atoms with Gasteiger partial charge in [-0.15, -0.1) is 24.0 Å². The highest BCUT2D eigenvalue weighted by atomic mass is 127. The zero-order chi connectivity index (χ0) is 21.6. The zero-order valence-electron chi connectivity index (χ0n) is 17.9. The molecule has 0 spiro atoms. The van der Waals surface area contributed by atoms with E-state index in [9.17, 15) is 8.42 Å². The lowest BCUT2D eigenvalue weighted by Gasteiger charge is -2.35. The second-order valence-electron chi connectivity index (χ2n) is 7.21. The van der Waals surface area contributed by atoms with Gasteiger partial charge in [-0.25, -0.2) is 13.4 Å². The molecule has 0 bridgehead atoms. The van der Waals surface area contributed by atoms with Crippen molar-refractivity contribution in [3.63, 3.8) is 0 Å². The van der Waals surface area contributed by atoms with Gasteiger partial charge in [0.2, 0.25) is 15.9 Å². The van der Waals surface area contributed by atoms with E-state index < -0.39 is 10.0 Å². The van der Waals surface area contributed by atoms with Gasteiger partial charge in [-0.3, -0.25) is 4.99 Å². The molecule has 0 amide bonds. The highest BCUT2D eigenvalue weighted by Gasteiger charge is 2.28. The van der Waals surface area contributed by atoms with Gasteiger partial charge in [-0.05, 0) is 19.4 Å². The Morgan fingerprint density at radius 2 is 2.00 bits per heavy atom. The van der Waals surface area contributed by atoms with Crippen LogP contribution in [0.3, 0.4) is 0 Å². The summed E-state index contributed by atoms with van der Waals surface area (Å²) < 4.78 is 36.9. The van der Waals surface area contributed by atoms with Gasteiger partial charge in [-0.1, -0.05) is 11.2 Å². The number of aromatic nitrogens is 2. The largest absolute Gasteiger partial charge is 0.475 e. The number of pyridine rings is 1. The zero-order valence-corrected chi connectivity index (χ0v) is 21.0. The van der Waals surface area contributed by atoms with Crippen LogP contribution in [0.2, 0.25) is 0 Å². The summed E-state index contributed by atoms with van der Waals surface area (Å²) in [5, 5.41) is 7.00. The smallest absolute Gasteiger partial charge is 0.220 e. The van der Waals surface area contributed by atoms with Crippen molar-refractivity contribution < 1.29 is 17.7 Å². The van der Waals surface area contributed by atoms with Crippen molar-refractivity contribution in [3.05, 3.63) is 41.9 Å². The molecule has 0 aliphatic carbocycles. The van der Waals surface area contributed by atoms with E-state index in [0.717, 1.165) is 11.5 Å². The summed E-state index contributed by atoms with van der Waals surface area (Å²) in [6.07, 6.45) is 3.23. The molecule has 0 atom stereocenters. The van der Waals surface area contributed by atoms with E-state index in [1.807, 2.05) is 30.9 Å². The maximum Gasteiger partial charge on any atom is 0.220 e. The molecule has 1 N–H and O–H groups in total. The lowest BCUT2D eigenvalue weighted by molar-refractivity contribution is 0.232. The molecule has 1 aliphatic heterocycles. The highest BCUT2D eigenvalue weighted by Crippen LogP contribution is 2.13. The highest BCUT2D eigenvalue weighted by molar-refractivity contribution is 14.0. The third-order valence-electron chi connectivity index (χ3n) is 4.57. The van der Waals surface area contributed by atoms with Crippen LogP contribution in [-0.4, -0.2) is 73.1 Å². The average Bonchev–Trinajstić information content (AvgIpc) is 3.22. The van der Waals surface area contributed by atoms with Crippen LogP contribution in [0.4, 0.5) is 0 Å². The van der Waals surface area contributed by atoms with Crippen molar-refractivity contribution in [2.24, 2.45) is 4.99 Å². The van der Waals surface area contributed by atoms with Crippen molar-refractivity contribution in [1.29, 1.82) is 0 Å². The molecule has 172 valence electrons. The number of hydrogen-bond donors (Lipinski definition) is 1. The second-order valence-corrected chi connectivity index (χ2v) is 9.17. The van der Waals surface area contributed by atoms with Gasteiger partial charge in [0.25, 0.3) is 0 Å². The third kappa shape index (κ3) is 7.31. The maximum atomic E-state index is 12.6. The minimum atomic E-state index is -3.43. The summed E-state index contributed by atoms with van der Waals surface area (Å²) in [6, 6.07) is 5.37. The molecule has 1 aliphatic rings. The van der Waals surface area contributed by atoms with Crippen LogP contribution in [0.1, 0.15) is 25.1 Å². The molecule has 31 heavy (non-hydrogen) atoms. The molecule has 12 heteroatoms. The molecule has 0 unspecified atom stereocenters. The summed E-state index contributed by atoms with van der Waals surface area (Å²) in [5.41, 5.74) is 1.41. The molecular weight excluding hydrogens is 535 g/mol. The number of rotatable bonds is 7. The molecular formula is C19H29IN6O4S. The predicted octanol–water partition coefficient (Wildman–Crippen LogP) is 1.70. The summed E-state index contributed by atoms with van der Waals surface area (Å²) in [6.45, 7) is 6.37. The van der Waals surface area contributed by atoms with Crippen LogP contribution in [0.15, 0.2) is 40.2 Å². The number of nitrogens with one attached hydrogen (secondary N) is 1. The van der Waals surface area contributed by atoms with Crippen LogP contribution in [0, 0.1) is 0 Å². The standard InChI is InChI=1S/C19H28N6O4S.HI/c1-15(2)29-18-5-4-16(12-21-18)13-22-19(20-3)24-7-9-25(10-8-24)30(26,27)14-17-6-11-28-23-17;/h4-6,11-12,15H,7-10,13-14H2,1-3H3,(H,20,22);1H. The lowest BCUT2D eigenvalue weighted by atomic mass is 10.3. The van der Waals surface area contributed by atoms with E-state index >= 15 is 0 Å². The molecule has 0 saturated carbocycles. The van der Waals surface area contributed by atoms with Crippen LogP contribution in [-0.2, 0) is 22.3 Å². The molecule has 3 rings (SSSR count). The Hall–Kier alpha value is -1.93. The third-order valence-corrected chi connectivity index (χ3v) is 6.38. The maximum absolute atomic E-state index is 12.6. The Bertz CT molecular complexity index is 927. The minimum Gasteiger partial charge on any atom is -0.475 e.